The number of aromatic nitrogens is 2. The summed E-state index contributed by atoms with van der Waals surface area (Å²) in [6, 6.07) is 0. The second-order valence-electron chi connectivity index (χ2n) is 3.71. The number of ether oxygens (including phenoxy) is 2. The largest absolute Gasteiger partial charge is 0.493 e. The summed E-state index contributed by atoms with van der Waals surface area (Å²) in [7, 11) is 4.87. The van der Waals surface area contributed by atoms with E-state index in [1.165, 1.54) is 0 Å². The zero-order chi connectivity index (χ0) is 11.6. The zero-order valence-electron chi connectivity index (χ0n) is 9.81. The third-order valence-corrected chi connectivity index (χ3v) is 2.75. The Bertz CT molecular complexity index is 333. The van der Waals surface area contributed by atoms with Crippen LogP contribution < -0.4 is 4.74 Å². The summed E-state index contributed by atoms with van der Waals surface area (Å²) in [5.74, 6) is 0.561. The monoisotopic (exact) mass is 214 g/mol. The van der Waals surface area contributed by atoms with Gasteiger partial charge in [-0.25, -0.2) is 0 Å². The van der Waals surface area contributed by atoms with Gasteiger partial charge in [-0.1, -0.05) is 0 Å². The molecule has 2 atom stereocenters. The lowest BCUT2D eigenvalue weighted by atomic mass is 9.95. The van der Waals surface area contributed by atoms with E-state index in [-0.39, 0.29) is 6.10 Å². The lowest BCUT2D eigenvalue weighted by molar-refractivity contribution is -0.0829. The number of hydrogen-bond donors (Lipinski definition) is 1. The quantitative estimate of drug-likeness (QED) is 0.800. The van der Waals surface area contributed by atoms with Crippen molar-refractivity contribution in [2.45, 2.75) is 25.6 Å². The van der Waals surface area contributed by atoms with Crippen molar-refractivity contribution in [3.63, 3.8) is 0 Å². The highest BCUT2D eigenvalue weighted by Crippen LogP contribution is 2.32. The van der Waals surface area contributed by atoms with Crippen molar-refractivity contribution in [2.75, 3.05) is 14.2 Å². The topological polar surface area (TPSA) is 56.5 Å². The first kappa shape index (κ1) is 12.0. The summed E-state index contributed by atoms with van der Waals surface area (Å²) >= 11 is 0. The van der Waals surface area contributed by atoms with E-state index in [1.54, 1.807) is 46.0 Å². The van der Waals surface area contributed by atoms with Crippen LogP contribution in [0.4, 0.5) is 0 Å². The van der Waals surface area contributed by atoms with Crippen LogP contribution in [-0.4, -0.2) is 35.2 Å². The van der Waals surface area contributed by atoms with Gasteiger partial charge in [-0.05, 0) is 13.8 Å². The van der Waals surface area contributed by atoms with Crippen LogP contribution in [0, 0.1) is 0 Å². The highest BCUT2D eigenvalue weighted by atomic mass is 16.5. The molecule has 0 fully saturated rings. The van der Waals surface area contributed by atoms with Crippen LogP contribution in [0.3, 0.4) is 0 Å². The molecule has 1 aromatic rings. The van der Waals surface area contributed by atoms with Gasteiger partial charge in [0.05, 0.1) is 19.4 Å². The van der Waals surface area contributed by atoms with E-state index < -0.39 is 5.60 Å². The van der Waals surface area contributed by atoms with Gasteiger partial charge < -0.3 is 14.6 Å². The van der Waals surface area contributed by atoms with Gasteiger partial charge in [0.15, 0.2) is 5.75 Å². The third-order valence-electron chi connectivity index (χ3n) is 2.75. The number of nitrogens with zero attached hydrogens (tertiary/aromatic N) is 2. The Morgan fingerprint density at radius 3 is 2.60 bits per heavy atom. The highest BCUT2D eigenvalue weighted by molar-refractivity contribution is 5.31. The van der Waals surface area contributed by atoms with E-state index in [2.05, 4.69) is 5.10 Å². The van der Waals surface area contributed by atoms with E-state index >= 15 is 0 Å². The van der Waals surface area contributed by atoms with E-state index in [0.29, 0.717) is 11.4 Å². The van der Waals surface area contributed by atoms with E-state index in [9.17, 15) is 5.11 Å². The van der Waals surface area contributed by atoms with Crippen LogP contribution in [0.2, 0.25) is 0 Å². The first-order valence-electron chi connectivity index (χ1n) is 4.76. The van der Waals surface area contributed by atoms with Crippen molar-refractivity contribution in [1.82, 2.24) is 9.78 Å². The molecule has 1 rings (SSSR count). The lowest BCUT2D eigenvalue weighted by Gasteiger charge is -2.29. The Balaban J connectivity index is 3.18. The fraction of sp³-hybridized carbons (Fsp3) is 0.700. The fourth-order valence-corrected chi connectivity index (χ4v) is 1.57. The highest BCUT2D eigenvalue weighted by Gasteiger charge is 2.36. The van der Waals surface area contributed by atoms with Gasteiger partial charge in [-0.2, -0.15) is 5.10 Å². The second kappa shape index (κ2) is 4.20. The van der Waals surface area contributed by atoms with Gasteiger partial charge >= 0.3 is 0 Å². The van der Waals surface area contributed by atoms with Crippen LogP contribution in [-0.2, 0) is 17.4 Å². The van der Waals surface area contributed by atoms with Crippen molar-refractivity contribution in [3.05, 3.63) is 11.9 Å². The smallest absolute Gasteiger partial charge is 0.163 e. The van der Waals surface area contributed by atoms with Gasteiger partial charge in [0, 0.05) is 14.2 Å². The van der Waals surface area contributed by atoms with Gasteiger partial charge in [-0.3, -0.25) is 4.68 Å². The summed E-state index contributed by atoms with van der Waals surface area (Å²) in [5, 5.41) is 14.4. The number of rotatable bonds is 4. The molecular formula is C10H18N2O3. The number of hydrogen-bond acceptors (Lipinski definition) is 4. The SMILES string of the molecule is COc1cnn(C)c1C(C)(O)C(C)OC. The predicted octanol–water partition coefficient (Wildman–Crippen LogP) is 0.671. The Morgan fingerprint density at radius 1 is 1.53 bits per heavy atom. The molecule has 5 heteroatoms. The molecule has 0 spiro atoms. The summed E-state index contributed by atoms with van der Waals surface area (Å²) in [4.78, 5) is 0. The summed E-state index contributed by atoms with van der Waals surface area (Å²) in [6.45, 7) is 3.48. The van der Waals surface area contributed by atoms with Gasteiger partial charge in [-0.15, -0.1) is 0 Å². The summed E-state index contributed by atoms with van der Waals surface area (Å²) < 4.78 is 11.9. The molecule has 0 aliphatic heterocycles. The lowest BCUT2D eigenvalue weighted by Crippen LogP contribution is -2.37. The molecule has 0 radical (unpaired) electrons. The molecule has 86 valence electrons. The minimum Gasteiger partial charge on any atom is -0.493 e. The molecule has 5 nitrogen and oxygen atoms in total. The Kier molecular flexibility index (Phi) is 3.36. The van der Waals surface area contributed by atoms with E-state index in [4.69, 9.17) is 9.47 Å². The van der Waals surface area contributed by atoms with Crippen LogP contribution >= 0.6 is 0 Å². The van der Waals surface area contributed by atoms with Crippen LogP contribution in [0.15, 0.2) is 6.20 Å². The molecule has 1 N–H and O–H groups in total. The maximum atomic E-state index is 10.4. The molecule has 0 aliphatic carbocycles. The zero-order valence-corrected chi connectivity index (χ0v) is 9.81. The average molecular weight is 214 g/mol. The number of methoxy groups -OCH3 is 2. The van der Waals surface area contributed by atoms with Crippen molar-refractivity contribution in [1.29, 1.82) is 0 Å². The molecule has 1 aromatic heterocycles. The van der Waals surface area contributed by atoms with Crippen molar-refractivity contribution < 1.29 is 14.6 Å². The summed E-state index contributed by atoms with van der Waals surface area (Å²) in [6.07, 6.45) is 1.23. The molecule has 0 saturated carbocycles. The normalized spacial score (nSPS) is 17.2. The maximum absolute atomic E-state index is 10.4. The third kappa shape index (κ3) is 1.98. The molecule has 2 unspecified atom stereocenters. The standard InChI is InChI=1S/C10H18N2O3/c1-7(14-4)10(2,13)9-8(15-5)6-11-12(9)3/h6-7,13H,1-5H3. The fourth-order valence-electron chi connectivity index (χ4n) is 1.57. The first-order valence-corrected chi connectivity index (χ1v) is 4.76. The number of aliphatic hydroxyl groups is 1. The minimum absolute atomic E-state index is 0.346. The Labute approximate surface area is 89.6 Å². The van der Waals surface area contributed by atoms with Gasteiger partial charge in [0.25, 0.3) is 0 Å². The average Bonchev–Trinajstić information content (AvgIpc) is 2.58. The van der Waals surface area contributed by atoms with Crippen LogP contribution in [0.25, 0.3) is 0 Å². The van der Waals surface area contributed by atoms with Crippen LogP contribution in [0.5, 0.6) is 5.75 Å². The molecule has 0 amide bonds. The predicted molar refractivity (Wildman–Crippen MR) is 55.8 cm³/mol. The molecule has 0 bridgehead atoms. The van der Waals surface area contributed by atoms with Gasteiger partial charge in [0.1, 0.15) is 11.3 Å². The summed E-state index contributed by atoms with van der Waals surface area (Å²) in [5.41, 5.74) is -0.523. The second-order valence-corrected chi connectivity index (χ2v) is 3.71. The van der Waals surface area contributed by atoms with Crippen molar-refractivity contribution >= 4 is 0 Å². The number of aryl methyl sites for hydroxylation is 1. The van der Waals surface area contributed by atoms with Gasteiger partial charge in [0.2, 0.25) is 0 Å². The first-order chi connectivity index (χ1) is 6.95. The van der Waals surface area contributed by atoms with Crippen molar-refractivity contribution in [3.8, 4) is 5.75 Å². The Hall–Kier alpha value is -1.07. The van der Waals surface area contributed by atoms with Crippen LogP contribution in [0.1, 0.15) is 19.5 Å². The molecule has 1 heterocycles. The Morgan fingerprint density at radius 2 is 2.13 bits per heavy atom. The van der Waals surface area contributed by atoms with Crippen molar-refractivity contribution in [2.24, 2.45) is 7.05 Å². The maximum Gasteiger partial charge on any atom is 0.163 e. The molecular weight excluding hydrogens is 196 g/mol. The minimum atomic E-state index is -1.13. The van der Waals surface area contributed by atoms with E-state index in [1.807, 2.05) is 0 Å². The van der Waals surface area contributed by atoms with E-state index in [0.717, 1.165) is 0 Å². The molecule has 0 aliphatic rings. The molecule has 0 saturated heterocycles. The molecule has 0 aromatic carbocycles. The molecule has 15 heavy (non-hydrogen) atoms.